The van der Waals surface area contributed by atoms with Gasteiger partial charge in [-0.2, -0.15) is 0 Å². The summed E-state index contributed by atoms with van der Waals surface area (Å²) in [5.74, 6) is 0.227. The second kappa shape index (κ2) is 10.4. The maximum Gasteiger partial charge on any atom is 0.226 e. The number of nitrogens with one attached hydrogen (secondary N) is 1. The molecule has 2 aromatic rings. The van der Waals surface area contributed by atoms with Crippen molar-refractivity contribution >= 4 is 17.5 Å². The third kappa shape index (κ3) is 5.36. The molecule has 5 heteroatoms. The van der Waals surface area contributed by atoms with Gasteiger partial charge < -0.3 is 15.0 Å². The van der Waals surface area contributed by atoms with Crippen molar-refractivity contribution in [3.8, 4) is 11.1 Å². The molecule has 1 amide bonds. The lowest BCUT2D eigenvalue weighted by molar-refractivity contribution is -0.135. The van der Waals surface area contributed by atoms with Crippen molar-refractivity contribution in [3.63, 3.8) is 0 Å². The van der Waals surface area contributed by atoms with Crippen LogP contribution in [-0.4, -0.2) is 50.2 Å². The van der Waals surface area contributed by atoms with Gasteiger partial charge in [0.05, 0.1) is 11.5 Å². The number of amides is 1. The number of hydrogen-bond acceptors (Lipinski definition) is 3. The maximum atomic E-state index is 13.7. The first-order valence-electron chi connectivity index (χ1n) is 11.9. The number of likely N-dealkylation sites (tertiary alicyclic amines) is 1. The van der Waals surface area contributed by atoms with Gasteiger partial charge in [0.1, 0.15) is 0 Å². The first kappa shape index (κ1) is 23.3. The van der Waals surface area contributed by atoms with Crippen LogP contribution >= 0.6 is 11.6 Å². The molecule has 1 N–H and O–H groups in total. The Bertz CT molecular complexity index is 915. The fourth-order valence-corrected chi connectivity index (χ4v) is 5.53. The van der Waals surface area contributed by atoms with Gasteiger partial charge in [0.25, 0.3) is 0 Å². The minimum Gasteiger partial charge on any atom is -0.381 e. The Kier molecular flexibility index (Phi) is 7.55. The molecule has 0 unspecified atom stereocenters. The van der Waals surface area contributed by atoms with Crippen molar-refractivity contribution in [3.05, 3.63) is 59.1 Å². The molecule has 0 radical (unpaired) electrons. The number of nitrogens with zero attached hydrogens (tertiary/aromatic N) is 1. The summed E-state index contributed by atoms with van der Waals surface area (Å²) in [7, 11) is 3.93. The van der Waals surface area contributed by atoms with Gasteiger partial charge in [-0.25, -0.2) is 0 Å². The summed E-state index contributed by atoms with van der Waals surface area (Å²) in [4.78, 5) is 16.0. The zero-order valence-corrected chi connectivity index (χ0v) is 20.0. The van der Waals surface area contributed by atoms with Crippen LogP contribution in [0, 0.1) is 5.41 Å². The fourth-order valence-electron chi connectivity index (χ4n) is 5.29. The predicted octanol–water partition coefficient (Wildman–Crippen LogP) is 5.34. The molecular weight excluding hydrogens is 420 g/mol. The molecular formula is C27H35ClN2O2. The number of benzene rings is 2. The number of rotatable bonds is 6. The van der Waals surface area contributed by atoms with Crippen LogP contribution in [-0.2, 0) is 16.0 Å². The SMILES string of the molecule is COC1CCC(Cc2cccc(-c3ccccc3Cl)c2)(C(=O)NC2CCN(C)CC2)CC1. The molecule has 4 rings (SSSR count). The number of ether oxygens (including phenoxy) is 1. The predicted molar refractivity (Wildman–Crippen MR) is 131 cm³/mol. The van der Waals surface area contributed by atoms with Crippen LogP contribution in [0.25, 0.3) is 11.1 Å². The summed E-state index contributed by atoms with van der Waals surface area (Å²) in [5, 5.41) is 4.18. The lowest BCUT2D eigenvalue weighted by Crippen LogP contribution is -2.51. The normalized spacial score (nSPS) is 24.9. The van der Waals surface area contributed by atoms with Gasteiger partial charge in [-0.1, -0.05) is 54.1 Å². The number of hydrogen-bond donors (Lipinski definition) is 1. The maximum absolute atomic E-state index is 13.7. The van der Waals surface area contributed by atoms with Crippen LogP contribution in [0.1, 0.15) is 44.1 Å². The van der Waals surface area contributed by atoms with Gasteiger partial charge in [-0.3, -0.25) is 4.79 Å². The summed E-state index contributed by atoms with van der Waals surface area (Å²) in [6, 6.07) is 16.7. The molecule has 32 heavy (non-hydrogen) atoms. The Balaban J connectivity index is 1.55. The van der Waals surface area contributed by atoms with Crippen LogP contribution in [0.3, 0.4) is 0 Å². The van der Waals surface area contributed by atoms with E-state index < -0.39 is 0 Å². The average Bonchev–Trinajstić information content (AvgIpc) is 2.81. The summed E-state index contributed by atoms with van der Waals surface area (Å²) < 4.78 is 5.61. The van der Waals surface area contributed by atoms with Gasteiger partial charge in [0, 0.05) is 23.7 Å². The highest BCUT2D eigenvalue weighted by Crippen LogP contribution is 2.41. The minimum absolute atomic E-state index is 0.227. The third-order valence-electron chi connectivity index (χ3n) is 7.41. The van der Waals surface area contributed by atoms with E-state index in [2.05, 4.69) is 41.5 Å². The second-order valence-electron chi connectivity index (χ2n) is 9.62. The standard InChI is InChI=1S/C27H35ClN2O2/c1-30-16-12-22(13-17-30)29-26(31)27(14-10-23(32-2)11-15-27)19-20-6-5-7-21(18-20)24-8-3-4-9-25(24)28/h3-9,18,22-23H,10-17,19H2,1-2H3,(H,29,31). The molecule has 172 valence electrons. The van der Waals surface area contributed by atoms with E-state index in [-0.39, 0.29) is 23.5 Å². The van der Waals surface area contributed by atoms with Gasteiger partial charge in [-0.05, 0) is 82.3 Å². The number of halogens is 1. The molecule has 1 aliphatic carbocycles. The van der Waals surface area contributed by atoms with Crippen molar-refractivity contribution < 1.29 is 9.53 Å². The molecule has 1 aliphatic heterocycles. The number of piperidine rings is 1. The van der Waals surface area contributed by atoms with E-state index in [1.54, 1.807) is 7.11 Å². The molecule has 1 heterocycles. The molecule has 0 spiro atoms. The topological polar surface area (TPSA) is 41.6 Å². The Morgan fingerprint density at radius 1 is 1.09 bits per heavy atom. The van der Waals surface area contributed by atoms with Crippen molar-refractivity contribution in [2.24, 2.45) is 5.41 Å². The molecule has 4 nitrogen and oxygen atoms in total. The summed E-state index contributed by atoms with van der Waals surface area (Å²) in [5.41, 5.74) is 2.95. The molecule has 0 bridgehead atoms. The Hall–Kier alpha value is -1.88. The van der Waals surface area contributed by atoms with E-state index in [0.717, 1.165) is 74.2 Å². The van der Waals surface area contributed by atoms with Crippen LogP contribution in [0.2, 0.25) is 5.02 Å². The second-order valence-corrected chi connectivity index (χ2v) is 10.0. The Morgan fingerprint density at radius 2 is 1.81 bits per heavy atom. The van der Waals surface area contributed by atoms with Gasteiger partial charge in [0.2, 0.25) is 5.91 Å². The van der Waals surface area contributed by atoms with Crippen LogP contribution in [0.4, 0.5) is 0 Å². The summed E-state index contributed by atoms with van der Waals surface area (Å²) >= 11 is 6.45. The fraction of sp³-hybridized carbons (Fsp3) is 0.519. The monoisotopic (exact) mass is 454 g/mol. The quantitative estimate of drug-likeness (QED) is 0.640. The van der Waals surface area contributed by atoms with Crippen LogP contribution in [0.5, 0.6) is 0 Å². The summed E-state index contributed by atoms with van der Waals surface area (Å²) in [6.45, 7) is 2.09. The highest BCUT2D eigenvalue weighted by atomic mass is 35.5. The molecule has 0 aromatic heterocycles. The van der Waals surface area contributed by atoms with E-state index >= 15 is 0 Å². The highest BCUT2D eigenvalue weighted by molar-refractivity contribution is 6.33. The van der Waals surface area contributed by atoms with E-state index in [4.69, 9.17) is 16.3 Å². The Labute approximate surface area is 197 Å². The highest BCUT2D eigenvalue weighted by Gasteiger charge is 2.42. The van der Waals surface area contributed by atoms with E-state index in [9.17, 15) is 4.79 Å². The average molecular weight is 455 g/mol. The molecule has 0 atom stereocenters. The van der Waals surface area contributed by atoms with Crippen molar-refractivity contribution in [2.75, 3.05) is 27.2 Å². The first-order chi connectivity index (χ1) is 15.5. The lowest BCUT2D eigenvalue weighted by Gasteiger charge is -2.40. The zero-order chi connectivity index (χ0) is 22.6. The minimum atomic E-state index is -0.377. The largest absolute Gasteiger partial charge is 0.381 e. The van der Waals surface area contributed by atoms with E-state index in [1.807, 2.05) is 24.3 Å². The molecule has 2 fully saturated rings. The van der Waals surface area contributed by atoms with Gasteiger partial charge in [0.15, 0.2) is 0 Å². The molecule has 1 saturated carbocycles. The van der Waals surface area contributed by atoms with E-state index in [1.165, 1.54) is 5.56 Å². The lowest BCUT2D eigenvalue weighted by atomic mass is 9.68. The third-order valence-corrected chi connectivity index (χ3v) is 7.74. The van der Waals surface area contributed by atoms with Gasteiger partial charge >= 0.3 is 0 Å². The molecule has 2 aliphatic rings. The number of methoxy groups -OCH3 is 1. The van der Waals surface area contributed by atoms with Crippen LogP contribution in [0.15, 0.2) is 48.5 Å². The number of carbonyl (C=O) groups is 1. The smallest absolute Gasteiger partial charge is 0.226 e. The Morgan fingerprint density at radius 3 is 2.50 bits per heavy atom. The molecule has 2 aromatic carbocycles. The van der Waals surface area contributed by atoms with Gasteiger partial charge in [-0.15, -0.1) is 0 Å². The summed E-state index contributed by atoms with van der Waals surface area (Å²) in [6.07, 6.45) is 6.65. The van der Waals surface area contributed by atoms with Crippen molar-refractivity contribution in [1.82, 2.24) is 10.2 Å². The number of carbonyl (C=O) groups excluding carboxylic acids is 1. The van der Waals surface area contributed by atoms with Crippen molar-refractivity contribution in [1.29, 1.82) is 0 Å². The van der Waals surface area contributed by atoms with Crippen molar-refractivity contribution in [2.45, 2.75) is 57.1 Å². The first-order valence-corrected chi connectivity index (χ1v) is 12.2. The molecule has 1 saturated heterocycles. The van der Waals surface area contributed by atoms with E-state index in [0.29, 0.717) is 0 Å². The van der Waals surface area contributed by atoms with Crippen LogP contribution < -0.4 is 5.32 Å². The zero-order valence-electron chi connectivity index (χ0n) is 19.3.